The first kappa shape index (κ1) is 15.6. The van der Waals surface area contributed by atoms with Crippen LogP contribution in [0.2, 0.25) is 0 Å². The van der Waals surface area contributed by atoms with E-state index in [0.717, 1.165) is 19.3 Å². The van der Waals surface area contributed by atoms with Gasteiger partial charge >= 0.3 is 0 Å². The van der Waals surface area contributed by atoms with E-state index in [9.17, 15) is 10.1 Å². The van der Waals surface area contributed by atoms with Crippen molar-refractivity contribution >= 4 is 11.4 Å². The molecule has 0 aliphatic heterocycles. The first-order valence-corrected chi connectivity index (χ1v) is 7.19. The summed E-state index contributed by atoms with van der Waals surface area (Å²) < 4.78 is 11.1. The van der Waals surface area contributed by atoms with Gasteiger partial charge in [-0.05, 0) is 33.1 Å². The smallest absolute Gasteiger partial charge is 0.275 e. The van der Waals surface area contributed by atoms with Crippen LogP contribution in [0.25, 0.3) is 0 Å². The summed E-state index contributed by atoms with van der Waals surface area (Å²) >= 11 is 0. The molecule has 1 aliphatic carbocycles. The number of ether oxygens (including phenoxy) is 2. The highest BCUT2D eigenvalue weighted by molar-refractivity contribution is 5.56. The number of anilines is 1. The molecule has 1 aromatic rings. The van der Waals surface area contributed by atoms with E-state index in [1.165, 1.54) is 12.1 Å². The summed E-state index contributed by atoms with van der Waals surface area (Å²) in [6.07, 6.45) is 3.16. The minimum absolute atomic E-state index is 0.0238. The van der Waals surface area contributed by atoms with Crippen molar-refractivity contribution in [1.82, 2.24) is 0 Å². The molecule has 1 aliphatic rings. The number of hydrogen-bond acceptors (Lipinski definition) is 5. The maximum absolute atomic E-state index is 11.0. The molecule has 1 saturated carbocycles. The Balaban J connectivity index is 2.13. The highest BCUT2D eigenvalue weighted by Gasteiger charge is 2.36. The van der Waals surface area contributed by atoms with Crippen LogP contribution in [0.3, 0.4) is 0 Å². The zero-order chi connectivity index (χ0) is 15.5. The van der Waals surface area contributed by atoms with Gasteiger partial charge in [-0.15, -0.1) is 0 Å². The van der Waals surface area contributed by atoms with Gasteiger partial charge in [0.2, 0.25) is 0 Å². The van der Waals surface area contributed by atoms with E-state index in [-0.39, 0.29) is 17.4 Å². The van der Waals surface area contributed by atoms with Gasteiger partial charge in [-0.2, -0.15) is 0 Å². The maximum atomic E-state index is 11.0. The van der Waals surface area contributed by atoms with Crippen molar-refractivity contribution < 1.29 is 14.4 Å². The molecular weight excluding hydrogens is 272 g/mol. The molecule has 0 saturated heterocycles. The number of nitrogens with zero attached hydrogens (tertiary/aromatic N) is 1. The fourth-order valence-electron chi connectivity index (χ4n) is 2.42. The van der Waals surface area contributed by atoms with E-state index in [1.54, 1.807) is 13.2 Å². The molecule has 0 radical (unpaired) electrons. The van der Waals surface area contributed by atoms with E-state index >= 15 is 0 Å². The Morgan fingerprint density at radius 1 is 1.38 bits per heavy atom. The zero-order valence-corrected chi connectivity index (χ0v) is 12.7. The summed E-state index contributed by atoms with van der Waals surface area (Å²) in [6, 6.07) is 4.75. The Hall–Kier alpha value is -1.82. The third-order valence-corrected chi connectivity index (χ3v) is 3.79. The van der Waals surface area contributed by atoms with E-state index in [4.69, 9.17) is 9.47 Å². The Labute approximate surface area is 124 Å². The van der Waals surface area contributed by atoms with Gasteiger partial charge in [0.1, 0.15) is 5.75 Å². The van der Waals surface area contributed by atoms with Crippen LogP contribution in [0.15, 0.2) is 18.2 Å². The molecule has 1 N–H and O–H groups in total. The molecule has 0 heterocycles. The molecule has 1 fully saturated rings. The van der Waals surface area contributed by atoms with Gasteiger partial charge in [-0.1, -0.05) is 0 Å². The monoisotopic (exact) mass is 294 g/mol. The Kier molecular flexibility index (Phi) is 4.67. The van der Waals surface area contributed by atoms with E-state index in [2.05, 4.69) is 5.32 Å². The number of rotatable bonds is 7. The first-order valence-electron chi connectivity index (χ1n) is 7.19. The molecule has 0 aromatic heterocycles. The quantitative estimate of drug-likeness (QED) is 0.616. The van der Waals surface area contributed by atoms with Crippen LogP contribution in [0.1, 0.15) is 33.1 Å². The van der Waals surface area contributed by atoms with Crippen LogP contribution in [0.5, 0.6) is 5.75 Å². The maximum Gasteiger partial charge on any atom is 0.275 e. The zero-order valence-electron chi connectivity index (χ0n) is 12.7. The van der Waals surface area contributed by atoms with E-state index in [0.29, 0.717) is 18.0 Å². The molecule has 6 nitrogen and oxygen atoms in total. The summed E-state index contributed by atoms with van der Waals surface area (Å²) in [4.78, 5) is 10.6. The molecule has 21 heavy (non-hydrogen) atoms. The molecule has 0 spiro atoms. The second-order valence-electron chi connectivity index (χ2n) is 5.73. The summed E-state index contributed by atoms with van der Waals surface area (Å²) in [5.74, 6) is 0.502. The molecule has 6 heteroatoms. The summed E-state index contributed by atoms with van der Waals surface area (Å²) in [7, 11) is 1.71. The van der Waals surface area contributed by atoms with E-state index < -0.39 is 4.92 Å². The fraction of sp³-hybridized carbons (Fsp3) is 0.600. The number of nitrogens with one attached hydrogen (secondary N) is 1. The van der Waals surface area contributed by atoms with Crippen molar-refractivity contribution in [3.63, 3.8) is 0 Å². The Bertz CT molecular complexity index is 507. The first-order chi connectivity index (χ1) is 9.94. The van der Waals surface area contributed by atoms with Crippen LogP contribution in [0, 0.1) is 10.1 Å². The van der Waals surface area contributed by atoms with Gasteiger partial charge < -0.3 is 14.8 Å². The van der Waals surface area contributed by atoms with Gasteiger partial charge in [0.15, 0.2) is 0 Å². The number of benzene rings is 1. The second kappa shape index (κ2) is 6.30. The van der Waals surface area contributed by atoms with Crippen LogP contribution in [-0.2, 0) is 4.74 Å². The number of nitro benzene ring substituents is 1. The predicted molar refractivity (Wildman–Crippen MR) is 80.9 cm³/mol. The average Bonchev–Trinajstić information content (AvgIpc) is 2.37. The molecular formula is C15H22N2O4. The fourth-order valence-corrected chi connectivity index (χ4v) is 2.42. The number of methoxy groups -OCH3 is 1. The molecule has 0 atom stereocenters. The van der Waals surface area contributed by atoms with Crippen molar-refractivity contribution in [1.29, 1.82) is 0 Å². The number of non-ortho nitro benzene ring substituents is 1. The summed E-state index contributed by atoms with van der Waals surface area (Å²) in [6.45, 7) is 4.42. The number of nitro groups is 1. The minimum Gasteiger partial charge on any atom is -0.491 e. The molecule has 0 amide bonds. The van der Waals surface area contributed by atoms with Crippen LogP contribution in [0.4, 0.5) is 11.4 Å². The minimum atomic E-state index is -0.409. The van der Waals surface area contributed by atoms with Crippen molar-refractivity contribution in [3.8, 4) is 5.75 Å². The topological polar surface area (TPSA) is 73.6 Å². The van der Waals surface area contributed by atoms with Crippen LogP contribution >= 0.6 is 0 Å². The molecule has 0 unspecified atom stereocenters. The van der Waals surface area contributed by atoms with Crippen molar-refractivity contribution in [2.45, 2.75) is 44.8 Å². The summed E-state index contributed by atoms with van der Waals surface area (Å²) in [5.41, 5.74) is 0.572. The molecule has 116 valence electrons. The van der Waals surface area contributed by atoms with Crippen molar-refractivity contribution in [3.05, 3.63) is 28.3 Å². The molecule has 2 rings (SSSR count). The van der Waals surface area contributed by atoms with Crippen LogP contribution in [-0.4, -0.2) is 30.3 Å². The van der Waals surface area contributed by atoms with Gasteiger partial charge in [0.05, 0.1) is 22.7 Å². The predicted octanol–water partition coefficient (Wildman–Crippen LogP) is 3.36. The molecule has 0 bridgehead atoms. The standard InChI is InChI=1S/C15H22N2O4/c1-11(2)21-14-8-12(7-13(9-14)17(18)19)16-10-15(20-3)5-4-6-15/h7-9,11,16H,4-6,10H2,1-3H3. The average molecular weight is 294 g/mol. The van der Waals surface area contributed by atoms with Gasteiger partial charge in [0.25, 0.3) is 5.69 Å². The SMILES string of the molecule is COC1(CNc2cc(OC(C)C)cc([N+](=O)[O-])c2)CCC1. The largest absolute Gasteiger partial charge is 0.491 e. The van der Waals surface area contributed by atoms with Gasteiger partial charge in [0, 0.05) is 31.5 Å². The third kappa shape index (κ3) is 3.85. The van der Waals surface area contributed by atoms with Crippen molar-refractivity contribution in [2.75, 3.05) is 19.0 Å². The normalized spacial score (nSPS) is 16.4. The number of hydrogen-bond donors (Lipinski definition) is 1. The van der Waals surface area contributed by atoms with Gasteiger partial charge in [-0.3, -0.25) is 10.1 Å². The lowest BCUT2D eigenvalue weighted by Crippen LogP contribution is -2.45. The lowest BCUT2D eigenvalue weighted by molar-refractivity contribution is -0.384. The third-order valence-electron chi connectivity index (χ3n) is 3.79. The van der Waals surface area contributed by atoms with Crippen molar-refractivity contribution in [2.24, 2.45) is 0 Å². The van der Waals surface area contributed by atoms with E-state index in [1.807, 2.05) is 13.8 Å². The second-order valence-corrected chi connectivity index (χ2v) is 5.73. The van der Waals surface area contributed by atoms with Crippen LogP contribution < -0.4 is 10.1 Å². The Morgan fingerprint density at radius 2 is 2.10 bits per heavy atom. The van der Waals surface area contributed by atoms with Gasteiger partial charge in [-0.25, -0.2) is 0 Å². The molecule has 1 aromatic carbocycles. The lowest BCUT2D eigenvalue weighted by atomic mass is 9.80. The highest BCUT2D eigenvalue weighted by Crippen LogP contribution is 2.35. The lowest BCUT2D eigenvalue weighted by Gasteiger charge is -2.40. The Morgan fingerprint density at radius 3 is 2.57 bits per heavy atom. The summed E-state index contributed by atoms with van der Waals surface area (Å²) in [5, 5.41) is 14.3. The highest BCUT2D eigenvalue weighted by atomic mass is 16.6.